The lowest BCUT2D eigenvalue weighted by Gasteiger charge is -2.31. The van der Waals surface area contributed by atoms with Gasteiger partial charge in [-0.1, -0.05) is 6.92 Å². The van der Waals surface area contributed by atoms with Gasteiger partial charge in [0.2, 0.25) is 0 Å². The number of non-ortho nitro benzene ring substituents is 1. The lowest BCUT2D eigenvalue weighted by Crippen LogP contribution is -2.38. The molecule has 0 aromatic heterocycles. The van der Waals surface area contributed by atoms with Crippen LogP contribution in [-0.2, 0) is 24.1 Å². The van der Waals surface area contributed by atoms with E-state index in [9.17, 15) is 28.1 Å². The van der Waals surface area contributed by atoms with Crippen molar-refractivity contribution in [3.8, 4) is 0 Å². The highest BCUT2D eigenvalue weighted by atomic mass is 32.2. The van der Waals surface area contributed by atoms with E-state index < -0.39 is 44.4 Å². The van der Waals surface area contributed by atoms with Crippen LogP contribution >= 0.6 is 0 Å². The van der Waals surface area contributed by atoms with Gasteiger partial charge < -0.3 is 14.4 Å². The molecule has 31 heavy (non-hydrogen) atoms. The molecule has 1 fully saturated rings. The minimum atomic E-state index is -3.81. The highest BCUT2D eigenvalue weighted by Crippen LogP contribution is 2.42. The molecule has 0 spiro atoms. The number of nitrogens with zero attached hydrogens (tertiary/aromatic N) is 2. The first-order chi connectivity index (χ1) is 14.3. The zero-order valence-corrected chi connectivity index (χ0v) is 19.1. The average molecular weight is 457 g/mol. The molecule has 1 aromatic rings. The quantitative estimate of drug-likeness (QED) is 0.362. The lowest BCUT2D eigenvalue weighted by molar-refractivity contribution is -0.385. The second kappa shape index (κ2) is 9.21. The van der Waals surface area contributed by atoms with Gasteiger partial charge in [-0.3, -0.25) is 14.9 Å². The predicted molar refractivity (Wildman–Crippen MR) is 111 cm³/mol. The number of hydrogen-bond acceptors (Lipinski definition) is 8. The summed E-state index contributed by atoms with van der Waals surface area (Å²) in [7, 11) is -3.81. The number of hydrogen-bond donors (Lipinski definition) is 0. The van der Waals surface area contributed by atoms with Crippen LogP contribution in [0, 0.1) is 16.0 Å². The molecule has 1 aliphatic rings. The summed E-state index contributed by atoms with van der Waals surface area (Å²) in [5, 5.41) is 11.4. The van der Waals surface area contributed by atoms with E-state index in [4.69, 9.17) is 9.47 Å². The van der Waals surface area contributed by atoms with Crippen molar-refractivity contribution in [1.82, 2.24) is 4.90 Å². The van der Waals surface area contributed by atoms with Crippen LogP contribution in [0.2, 0.25) is 0 Å². The van der Waals surface area contributed by atoms with E-state index in [1.54, 1.807) is 27.7 Å². The van der Waals surface area contributed by atoms with Gasteiger partial charge in [-0.05, 0) is 40.2 Å². The van der Waals surface area contributed by atoms with Crippen LogP contribution in [0.25, 0.3) is 0 Å². The Hall–Kier alpha value is -2.69. The van der Waals surface area contributed by atoms with Crippen molar-refractivity contribution in [2.75, 3.05) is 18.9 Å². The smallest absolute Gasteiger partial charge is 0.410 e. The Kier molecular flexibility index (Phi) is 7.30. The van der Waals surface area contributed by atoms with Crippen LogP contribution in [0.5, 0.6) is 0 Å². The number of carbonyl (C=O) groups is 2. The van der Waals surface area contributed by atoms with Gasteiger partial charge in [-0.15, -0.1) is 0 Å². The highest BCUT2D eigenvalue weighted by molar-refractivity contribution is 7.91. The fourth-order valence-electron chi connectivity index (χ4n) is 3.52. The van der Waals surface area contributed by atoms with Crippen molar-refractivity contribution in [2.24, 2.45) is 5.92 Å². The van der Waals surface area contributed by atoms with E-state index in [2.05, 4.69) is 0 Å². The number of sulfone groups is 1. The summed E-state index contributed by atoms with van der Waals surface area (Å²) < 4.78 is 36.1. The van der Waals surface area contributed by atoms with Gasteiger partial charge >= 0.3 is 12.1 Å². The summed E-state index contributed by atoms with van der Waals surface area (Å²) in [6, 6.07) is 2.28. The number of benzene rings is 1. The molecule has 1 aromatic carbocycles. The maximum atomic E-state index is 12.9. The maximum absolute atomic E-state index is 12.9. The number of amides is 1. The second-order valence-electron chi connectivity index (χ2n) is 8.15. The van der Waals surface area contributed by atoms with Crippen molar-refractivity contribution in [3.05, 3.63) is 33.9 Å². The van der Waals surface area contributed by atoms with E-state index in [1.165, 1.54) is 11.8 Å². The Bertz CT molecular complexity index is 968. The van der Waals surface area contributed by atoms with Crippen LogP contribution in [0.3, 0.4) is 0 Å². The van der Waals surface area contributed by atoms with Gasteiger partial charge in [-0.25, -0.2) is 13.2 Å². The molecule has 10 nitrogen and oxygen atoms in total. The van der Waals surface area contributed by atoms with E-state index in [0.29, 0.717) is 0 Å². The molecule has 1 saturated heterocycles. The molecule has 0 aliphatic carbocycles. The Morgan fingerprint density at radius 2 is 1.90 bits per heavy atom. The third-order valence-electron chi connectivity index (χ3n) is 4.85. The molecule has 172 valence electrons. The lowest BCUT2D eigenvalue weighted by atomic mass is 9.93. The number of carbonyl (C=O) groups excluding carboxylic acids is 2. The first-order valence-electron chi connectivity index (χ1n) is 9.99. The molecule has 1 aliphatic heterocycles. The summed E-state index contributed by atoms with van der Waals surface area (Å²) in [6.07, 6.45) is -0.535. The molecular weight excluding hydrogens is 428 g/mol. The van der Waals surface area contributed by atoms with Crippen LogP contribution in [0.1, 0.15) is 52.6 Å². The Labute approximate surface area is 181 Å². The van der Waals surface area contributed by atoms with Gasteiger partial charge in [0, 0.05) is 24.2 Å². The van der Waals surface area contributed by atoms with Crippen molar-refractivity contribution >= 4 is 27.6 Å². The number of esters is 1. The van der Waals surface area contributed by atoms with Crippen molar-refractivity contribution < 1.29 is 32.4 Å². The Balaban J connectivity index is 2.70. The largest absolute Gasteiger partial charge is 0.466 e. The van der Waals surface area contributed by atoms with Gasteiger partial charge in [0.05, 0.1) is 34.1 Å². The van der Waals surface area contributed by atoms with Gasteiger partial charge in [0.15, 0.2) is 9.84 Å². The summed E-state index contributed by atoms with van der Waals surface area (Å²) in [6.45, 7) is 8.33. The van der Waals surface area contributed by atoms with Crippen molar-refractivity contribution in [1.29, 1.82) is 0 Å². The zero-order valence-electron chi connectivity index (χ0n) is 18.3. The Morgan fingerprint density at radius 3 is 2.42 bits per heavy atom. The number of ether oxygens (including phenoxy) is 2. The monoisotopic (exact) mass is 456 g/mol. The van der Waals surface area contributed by atoms with Crippen LogP contribution in [0.4, 0.5) is 10.5 Å². The molecule has 1 heterocycles. The normalized spacial score (nSPS) is 19.2. The van der Waals surface area contributed by atoms with Crippen molar-refractivity contribution in [2.45, 2.75) is 57.6 Å². The number of likely N-dealkylation sites (tertiary alicyclic amines) is 1. The van der Waals surface area contributed by atoms with Gasteiger partial charge in [-0.2, -0.15) is 0 Å². The van der Waals surface area contributed by atoms with Gasteiger partial charge in [0.1, 0.15) is 5.60 Å². The summed E-state index contributed by atoms with van der Waals surface area (Å²) in [5.74, 6) is -1.74. The Morgan fingerprint density at radius 1 is 1.26 bits per heavy atom. The van der Waals surface area contributed by atoms with E-state index >= 15 is 0 Å². The topological polar surface area (TPSA) is 133 Å². The summed E-state index contributed by atoms with van der Waals surface area (Å²) in [5.41, 5.74) is -1.16. The van der Waals surface area contributed by atoms with E-state index in [1.807, 2.05) is 0 Å². The minimum absolute atomic E-state index is 0.0115. The third kappa shape index (κ3) is 5.52. The predicted octanol–water partition coefficient (Wildman–Crippen LogP) is 3.25. The summed E-state index contributed by atoms with van der Waals surface area (Å²) >= 11 is 0. The molecule has 0 unspecified atom stereocenters. The zero-order chi connectivity index (χ0) is 23.6. The first kappa shape index (κ1) is 24.6. The fraction of sp³-hybridized carbons (Fsp3) is 0.600. The van der Waals surface area contributed by atoms with E-state index in [0.717, 1.165) is 18.2 Å². The van der Waals surface area contributed by atoms with Crippen LogP contribution < -0.4 is 0 Å². The fourth-order valence-corrected chi connectivity index (χ4v) is 4.64. The number of nitro groups is 1. The SMILES string of the molecule is CCOC(=O)[C@@H]1CCN(C(=O)OC(C)(C)C)[C@@H]1c1cc([N+](=O)[O-])ccc1S(=O)(=O)CC. The second-order valence-corrected chi connectivity index (χ2v) is 10.4. The molecule has 11 heteroatoms. The third-order valence-corrected chi connectivity index (χ3v) is 6.66. The highest BCUT2D eigenvalue weighted by Gasteiger charge is 2.46. The van der Waals surface area contributed by atoms with Crippen LogP contribution in [-0.4, -0.2) is 54.8 Å². The minimum Gasteiger partial charge on any atom is -0.466 e. The van der Waals surface area contributed by atoms with Gasteiger partial charge in [0.25, 0.3) is 5.69 Å². The number of rotatable bonds is 6. The summed E-state index contributed by atoms with van der Waals surface area (Å²) in [4.78, 5) is 37.4. The standard InChI is InChI=1S/C20H28N2O8S/c1-6-29-18(23)14-10-11-21(19(24)30-20(3,4)5)17(14)15-12-13(22(25)26)8-9-16(15)31(27,28)7-2/h8-9,12,14,17H,6-7,10-11H2,1-5H3/t14-,17+/m1/s1. The molecule has 0 radical (unpaired) electrons. The maximum Gasteiger partial charge on any atom is 0.410 e. The molecule has 0 bridgehead atoms. The molecule has 1 amide bonds. The van der Waals surface area contributed by atoms with E-state index in [-0.39, 0.29) is 41.5 Å². The molecule has 0 saturated carbocycles. The number of nitro benzene ring substituents is 1. The molecule has 0 N–H and O–H groups in total. The molecular formula is C20H28N2O8S. The molecule has 2 rings (SSSR count). The first-order valence-corrected chi connectivity index (χ1v) is 11.6. The van der Waals surface area contributed by atoms with Crippen molar-refractivity contribution in [3.63, 3.8) is 0 Å². The molecule has 2 atom stereocenters. The average Bonchev–Trinajstić information content (AvgIpc) is 3.11. The van der Waals surface area contributed by atoms with Crippen LogP contribution in [0.15, 0.2) is 23.1 Å².